The first-order valence-corrected chi connectivity index (χ1v) is 9.67. The molecule has 1 aliphatic rings. The van der Waals surface area contributed by atoms with Crippen molar-refractivity contribution in [1.82, 2.24) is 0 Å². The van der Waals surface area contributed by atoms with Gasteiger partial charge in [0, 0.05) is 12.7 Å². The number of nitrogens with zero attached hydrogens (tertiary/aromatic N) is 1. The molecule has 5 nitrogen and oxygen atoms in total. The maximum atomic E-state index is 13.1. The summed E-state index contributed by atoms with van der Waals surface area (Å²) in [5.74, 6) is 0.489. The predicted octanol–water partition coefficient (Wildman–Crippen LogP) is 4.80. The van der Waals surface area contributed by atoms with E-state index in [0.29, 0.717) is 23.6 Å². The number of benzene rings is 1. The molecule has 5 heteroatoms. The number of hydrogen-bond acceptors (Lipinski definition) is 4. The number of hydrogen-bond donors (Lipinski definition) is 1. The van der Waals surface area contributed by atoms with E-state index in [4.69, 9.17) is 9.47 Å². The molecule has 1 aliphatic carbocycles. The quantitative estimate of drug-likeness (QED) is 0.710. The second-order valence-electron chi connectivity index (χ2n) is 7.20. The number of anilines is 1. The minimum absolute atomic E-state index is 0.0266. The molecular formula is C21H30N2O3. The van der Waals surface area contributed by atoms with Crippen molar-refractivity contribution in [2.45, 2.75) is 77.4 Å². The molecule has 1 aromatic rings. The van der Waals surface area contributed by atoms with Crippen molar-refractivity contribution in [3.05, 3.63) is 23.8 Å². The molecule has 0 radical (unpaired) electrons. The van der Waals surface area contributed by atoms with Gasteiger partial charge in [0.1, 0.15) is 17.4 Å². The zero-order valence-corrected chi connectivity index (χ0v) is 16.1. The van der Waals surface area contributed by atoms with Crippen molar-refractivity contribution in [3.63, 3.8) is 0 Å². The summed E-state index contributed by atoms with van der Waals surface area (Å²) in [5.41, 5.74) is 0.125. The van der Waals surface area contributed by atoms with Crippen LogP contribution in [-0.4, -0.2) is 24.2 Å². The highest BCUT2D eigenvalue weighted by atomic mass is 16.5. The minimum Gasteiger partial charge on any atom is -0.491 e. The molecule has 0 spiro atoms. The molecule has 1 saturated carbocycles. The smallest absolute Gasteiger partial charge is 0.256 e. The molecule has 142 valence electrons. The van der Waals surface area contributed by atoms with Crippen LogP contribution in [0.4, 0.5) is 5.69 Å². The molecule has 1 fully saturated rings. The minimum atomic E-state index is -0.785. The lowest BCUT2D eigenvalue weighted by atomic mass is 9.92. The van der Waals surface area contributed by atoms with Crippen molar-refractivity contribution < 1.29 is 14.3 Å². The number of nitrogens with one attached hydrogen (secondary N) is 1. The molecule has 0 unspecified atom stereocenters. The number of carbonyl (C=O) groups excluding carboxylic acids is 1. The van der Waals surface area contributed by atoms with Crippen LogP contribution < -0.4 is 10.1 Å². The number of nitriles is 1. The van der Waals surface area contributed by atoms with Gasteiger partial charge in [0.15, 0.2) is 0 Å². The second kappa shape index (κ2) is 9.59. The fourth-order valence-electron chi connectivity index (χ4n) is 3.34. The van der Waals surface area contributed by atoms with E-state index in [-0.39, 0.29) is 12.0 Å². The molecular weight excluding hydrogens is 328 g/mol. The van der Waals surface area contributed by atoms with E-state index >= 15 is 0 Å². The Morgan fingerprint density at radius 3 is 2.54 bits per heavy atom. The van der Waals surface area contributed by atoms with Gasteiger partial charge in [-0.15, -0.1) is 0 Å². The van der Waals surface area contributed by atoms with Crippen LogP contribution in [0.2, 0.25) is 0 Å². The Hall–Kier alpha value is -2.06. The highest BCUT2D eigenvalue weighted by Gasteiger charge is 2.39. The lowest BCUT2D eigenvalue weighted by molar-refractivity contribution is -0.143. The summed E-state index contributed by atoms with van der Waals surface area (Å²) in [6.45, 7) is 6.48. The molecule has 26 heavy (non-hydrogen) atoms. The van der Waals surface area contributed by atoms with Gasteiger partial charge in [-0.05, 0) is 45.2 Å². The fraction of sp³-hybridized carbons (Fsp3) is 0.619. The molecule has 1 aromatic carbocycles. The highest BCUT2D eigenvalue weighted by molar-refractivity contribution is 5.98. The van der Waals surface area contributed by atoms with Crippen molar-refractivity contribution in [2.24, 2.45) is 0 Å². The third kappa shape index (κ3) is 5.22. The molecule has 2 rings (SSSR count). The van der Waals surface area contributed by atoms with Gasteiger partial charge in [-0.1, -0.05) is 32.6 Å². The number of carbonyl (C=O) groups is 1. The van der Waals surface area contributed by atoms with Crippen LogP contribution in [0.1, 0.15) is 71.3 Å². The Kier molecular flexibility index (Phi) is 7.47. The van der Waals surface area contributed by atoms with Crippen molar-refractivity contribution in [2.75, 3.05) is 11.9 Å². The summed E-state index contributed by atoms with van der Waals surface area (Å²) >= 11 is 0. The first-order chi connectivity index (χ1) is 12.5. The van der Waals surface area contributed by atoms with E-state index in [0.717, 1.165) is 44.9 Å². The van der Waals surface area contributed by atoms with E-state index in [1.807, 2.05) is 20.8 Å². The average molecular weight is 358 g/mol. The number of amides is 1. The van der Waals surface area contributed by atoms with Crippen LogP contribution >= 0.6 is 0 Å². The Morgan fingerprint density at radius 2 is 1.96 bits per heavy atom. The summed E-state index contributed by atoms with van der Waals surface area (Å²) in [7, 11) is 0. The van der Waals surface area contributed by atoms with Gasteiger partial charge in [0.2, 0.25) is 0 Å². The van der Waals surface area contributed by atoms with Crippen LogP contribution in [0.25, 0.3) is 0 Å². The maximum Gasteiger partial charge on any atom is 0.256 e. The summed E-state index contributed by atoms with van der Waals surface area (Å²) in [4.78, 5) is 13.1. The Labute approximate surface area is 156 Å². The highest BCUT2D eigenvalue weighted by Crippen LogP contribution is 2.33. The van der Waals surface area contributed by atoms with Gasteiger partial charge in [-0.25, -0.2) is 0 Å². The molecule has 0 heterocycles. The van der Waals surface area contributed by atoms with Crippen molar-refractivity contribution in [1.29, 1.82) is 5.26 Å². The van der Waals surface area contributed by atoms with E-state index < -0.39 is 5.60 Å². The Morgan fingerprint density at radius 1 is 1.27 bits per heavy atom. The Balaban J connectivity index is 2.21. The topological polar surface area (TPSA) is 71.3 Å². The van der Waals surface area contributed by atoms with Gasteiger partial charge in [-0.2, -0.15) is 5.26 Å². The Bertz CT molecular complexity index is 641. The first-order valence-electron chi connectivity index (χ1n) is 9.67. The fourth-order valence-corrected chi connectivity index (χ4v) is 3.34. The average Bonchev–Trinajstić information content (AvgIpc) is 2.87. The third-order valence-corrected chi connectivity index (χ3v) is 4.64. The van der Waals surface area contributed by atoms with E-state index in [9.17, 15) is 10.1 Å². The normalized spacial score (nSPS) is 16.6. The molecule has 0 bridgehead atoms. The van der Waals surface area contributed by atoms with Crippen molar-refractivity contribution >= 4 is 11.6 Å². The number of ether oxygens (including phenoxy) is 2. The predicted molar refractivity (Wildman–Crippen MR) is 102 cm³/mol. The lowest BCUT2D eigenvalue weighted by Gasteiger charge is -2.31. The summed E-state index contributed by atoms with van der Waals surface area (Å²) < 4.78 is 11.7. The van der Waals surface area contributed by atoms with Crippen LogP contribution in [0.5, 0.6) is 5.75 Å². The number of rotatable bonds is 7. The molecule has 0 aromatic heterocycles. The zero-order chi connectivity index (χ0) is 19.0. The van der Waals surface area contributed by atoms with Crippen LogP contribution in [0, 0.1) is 11.3 Å². The molecule has 1 N–H and O–H groups in total. The van der Waals surface area contributed by atoms with Gasteiger partial charge in [-0.3, -0.25) is 4.79 Å². The molecule has 0 saturated heterocycles. The van der Waals surface area contributed by atoms with E-state index in [1.54, 1.807) is 18.2 Å². The zero-order valence-electron chi connectivity index (χ0n) is 16.1. The van der Waals surface area contributed by atoms with Gasteiger partial charge >= 0.3 is 0 Å². The lowest BCUT2D eigenvalue weighted by Crippen LogP contribution is -2.45. The van der Waals surface area contributed by atoms with Crippen LogP contribution in [0.15, 0.2) is 18.2 Å². The van der Waals surface area contributed by atoms with Gasteiger partial charge in [0.25, 0.3) is 5.91 Å². The molecule has 0 aliphatic heterocycles. The first kappa shape index (κ1) is 20.3. The van der Waals surface area contributed by atoms with Crippen LogP contribution in [0.3, 0.4) is 0 Å². The molecule has 0 atom stereocenters. The maximum absolute atomic E-state index is 13.1. The largest absolute Gasteiger partial charge is 0.491 e. The van der Waals surface area contributed by atoms with E-state index in [2.05, 4.69) is 11.4 Å². The van der Waals surface area contributed by atoms with Crippen LogP contribution in [-0.2, 0) is 9.53 Å². The standard InChI is InChI=1S/C21H30N2O3/c1-4-13-25-21(11-7-5-6-8-12-21)20(24)23-19-10-9-18(26-16(2)3)14-17(19)15-22/h9-10,14,16H,4-8,11-13H2,1-3H3,(H,23,24). The monoisotopic (exact) mass is 358 g/mol. The van der Waals surface area contributed by atoms with E-state index in [1.165, 1.54) is 0 Å². The summed E-state index contributed by atoms with van der Waals surface area (Å²) in [6.07, 6.45) is 6.61. The molecule has 1 amide bonds. The summed E-state index contributed by atoms with van der Waals surface area (Å²) in [6, 6.07) is 7.33. The third-order valence-electron chi connectivity index (χ3n) is 4.64. The van der Waals surface area contributed by atoms with Crippen molar-refractivity contribution in [3.8, 4) is 11.8 Å². The second-order valence-corrected chi connectivity index (χ2v) is 7.20. The van der Waals surface area contributed by atoms with Gasteiger partial charge < -0.3 is 14.8 Å². The van der Waals surface area contributed by atoms with Gasteiger partial charge in [0.05, 0.1) is 17.4 Å². The summed E-state index contributed by atoms with van der Waals surface area (Å²) in [5, 5.41) is 12.4. The SMILES string of the molecule is CCCOC1(C(=O)Nc2ccc(OC(C)C)cc2C#N)CCCCCC1.